The Hall–Kier alpha value is -0.850. The molecule has 0 atom stereocenters. The largest absolute Gasteiger partial charge is 0.493 e. The van der Waals surface area contributed by atoms with Crippen molar-refractivity contribution in [2.45, 2.75) is 10.9 Å². The molecular weight excluding hydrogens is 326 g/mol. The molecule has 0 unspecified atom stereocenters. The van der Waals surface area contributed by atoms with Gasteiger partial charge in [0.2, 0.25) is 4.84 Å². The SMILES string of the molecule is COc1c(N)cc(OC(F)(F)C(Cl)Cl)c(OC)c1Cl. The first-order chi connectivity index (χ1) is 8.74. The molecule has 1 aromatic rings. The van der Waals surface area contributed by atoms with E-state index in [1.165, 1.54) is 14.2 Å². The number of methoxy groups -OCH3 is 2. The van der Waals surface area contributed by atoms with Crippen molar-refractivity contribution in [2.75, 3.05) is 20.0 Å². The lowest BCUT2D eigenvalue weighted by Gasteiger charge is -2.21. The predicted octanol–water partition coefficient (Wildman–Crippen LogP) is 3.71. The number of hydrogen-bond donors (Lipinski definition) is 1. The molecule has 0 bridgehead atoms. The first kappa shape index (κ1) is 16.2. The minimum absolute atomic E-state index is 0.000190. The fourth-order valence-electron chi connectivity index (χ4n) is 1.27. The Morgan fingerprint density at radius 3 is 2.16 bits per heavy atom. The van der Waals surface area contributed by atoms with Crippen LogP contribution in [0.5, 0.6) is 17.2 Å². The number of ether oxygens (including phenoxy) is 3. The molecule has 0 fully saturated rings. The van der Waals surface area contributed by atoms with Crippen LogP contribution >= 0.6 is 34.8 Å². The van der Waals surface area contributed by atoms with Gasteiger partial charge in [-0.1, -0.05) is 34.8 Å². The Morgan fingerprint density at radius 1 is 1.21 bits per heavy atom. The summed E-state index contributed by atoms with van der Waals surface area (Å²) in [6.45, 7) is 0. The molecule has 4 nitrogen and oxygen atoms in total. The summed E-state index contributed by atoms with van der Waals surface area (Å²) in [6, 6.07) is 1.08. The molecule has 0 aliphatic rings. The molecule has 19 heavy (non-hydrogen) atoms. The lowest BCUT2D eigenvalue weighted by molar-refractivity contribution is -0.164. The molecule has 1 rings (SSSR count). The van der Waals surface area contributed by atoms with E-state index in [0.29, 0.717) is 0 Å². The lowest BCUT2D eigenvalue weighted by Crippen LogP contribution is -2.32. The number of alkyl halides is 4. The first-order valence-electron chi connectivity index (χ1n) is 4.79. The summed E-state index contributed by atoms with van der Waals surface area (Å²) in [5, 5.41) is -0.100. The Kier molecular flexibility index (Phi) is 5.18. The summed E-state index contributed by atoms with van der Waals surface area (Å²) in [5.41, 5.74) is 5.60. The summed E-state index contributed by atoms with van der Waals surface area (Å²) in [6.07, 6.45) is -3.83. The minimum atomic E-state index is -3.83. The van der Waals surface area contributed by atoms with Crippen LogP contribution in [0.1, 0.15) is 0 Å². The van der Waals surface area contributed by atoms with Crippen LogP contribution in [0.25, 0.3) is 0 Å². The Bertz CT molecular complexity index is 472. The summed E-state index contributed by atoms with van der Waals surface area (Å²) in [7, 11) is 2.54. The Labute approximate surface area is 123 Å². The quantitative estimate of drug-likeness (QED) is 0.658. The Balaban J connectivity index is 3.29. The van der Waals surface area contributed by atoms with Crippen LogP contribution in [0.3, 0.4) is 0 Å². The van der Waals surface area contributed by atoms with Crippen LogP contribution in [-0.2, 0) is 0 Å². The number of halogens is 5. The molecule has 0 aliphatic carbocycles. The second kappa shape index (κ2) is 6.07. The second-order valence-corrected chi connectivity index (χ2v) is 4.78. The first-order valence-corrected chi connectivity index (χ1v) is 6.04. The highest BCUT2D eigenvalue weighted by Crippen LogP contribution is 2.47. The average molecular weight is 337 g/mol. The molecule has 1 aromatic carbocycles. The van der Waals surface area contributed by atoms with E-state index < -0.39 is 16.7 Å². The highest BCUT2D eigenvalue weighted by Gasteiger charge is 2.41. The summed E-state index contributed by atoms with van der Waals surface area (Å²) < 4.78 is 40.9. The van der Waals surface area contributed by atoms with Gasteiger partial charge in [0, 0.05) is 6.07 Å². The third-order valence-electron chi connectivity index (χ3n) is 2.08. The number of benzene rings is 1. The minimum Gasteiger partial charge on any atom is -0.493 e. The third-order valence-corrected chi connectivity index (χ3v) is 2.93. The van der Waals surface area contributed by atoms with Crippen molar-refractivity contribution in [3.05, 3.63) is 11.1 Å². The normalized spacial score (nSPS) is 11.6. The van der Waals surface area contributed by atoms with E-state index >= 15 is 0 Å². The number of hydrogen-bond acceptors (Lipinski definition) is 4. The molecule has 0 saturated carbocycles. The maximum atomic E-state index is 13.3. The van der Waals surface area contributed by atoms with Gasteiger partial charge in [-0.2, -0.15) is 8.78 Å². The van der Waals surface area contributed by atoms with E-state index in [1.807, 2.05) is 0 Å². The average Bonchev–Trinajstić information content (AvgIpc) is 2.28. The van der Waals surface area contributed by atoms with Crippen molar-refractivity contribution in [3.63, 3.8) is 0 Å². The van der Waals surface area contributed by atoms with Crippen LogP contribution < -0.4 is 19.9 Å². The highest BCUT2D eigenvalue weighted by molar-refractivity contribution is 6.44. The van der Waals surface area contributed by atoms with Gasteiger partial charge in [0.15, 0.2) is 17.2 Å². The van der Waals surface area contributed by atoms with Gasteiger partial charge < -0.3 is 19.9 Å². The van der Waals surface area contributed by atoms with Crippen molar-refractivity contribution >= 4 is 40.5 Å². The fraction of sp³-hybridized carbons (Fsp3) is 0.400. The van der Waals surface area contributed by atoms with E-state index in [4.69, 9.17) is 50.0 Å². The van der Waals surface area contributed by atoms with E-state index in [9.17, 15) is 8.78 Å². The fourth-order valence-corrected chi connectivity index (χ4v) is 1.72. The molecule has 0 heterocycles. The van der Waals surface area contributed by atoms with Crippen molar-refractivity contribution in [3.8, 4) is 17.2 Å². The van der Waals surface area contributed by atoms with Crippen LogP contribution in [0.4, 0.5) is 14.5 Å². The van der Waals surface area contributed by atoms with Gasteiger partial charge in [-0.05, 0) is 0 Å². The van der Waals surface area contributed by atoms with Crippen LogP contribution in [0.15, 0.2) is 6.07 Å². The maximum Gasteiger partial charge on any atom is 0.428 e. The molecule has 0 aliphatic heterocycles. The summed E-state index contributed by atoms with van der Waals surface area (Å²) in [4.78, 5) is -2.07. The summed E-state index contributed by atoms with van der Waals surface area (Å²) in [5.74, 6) is -0.481. The van der Waals surface area contributed by atoms with Gasteiger partial charge in [0.1, 0.15) is 5.02 Å². The zero-order valence-electron chi connectivity index (χ0n) is 9.85. The van der Waals surface area contributed by atoms with Gasteiger partial charge in [0.25, 0.3) is 0 Å². The maximum absolute atomic E-state index is 13.3. The van der Waals surface area contributed by atoms with Crippen LogP contribution in [0, 0.1) is 0 Å². The Morgan fingerprint density at radius 2 is 1.74 bits per heavy atom. The topological polar surface area (TPSA) is 53.7 Å². The second-order valence-electron chi connectivity index (χ2n) is 3.31. The van der Waals surface area contributed by atoms with E-state index in [0.717, 1.165) is 6.07 Å². The molecule has 9 heteroatoms. The molecular formula is C10H10Cl3F2NO3. The van der Waals surface area contributed by atoms with Crippen LogP contribution in [-0.4, -0.2) is 25.2 Å². The van der Waals surface area contributed by atoms with Crippen molar-refractivity contribution < 1.29 is 23.0 Å². The molecule has 0 amide bonds. The van der Waals surface area contributed by atoms with Gasteiger partial charge in [0.05, 0.1) is 19.9 Å². The van der Waals surface area contributed by atoms with E-state index in [1.54, 1.807) is 0 Å². The number of nitrogens with two attached hydrogens (primary N) is 1. The van der Waals surface area contributed by atoms with Gasteiger partial charge >= 0.3 is 6.11 Å². The van der Waals surface area contributed by atoms with Crippen molar-refractivity contribution in [2.24, 2.45) is 0 Å². The van der Waals surface area contributed by atoms with Crippen LogP contribution in [0.2, 0.25) is 5.02 Å². The number of anilines is 1. The van der Waals surface area contributed by atoms with E-state index in [-0.39, 0.29) is 22.2 Å². The van der Waals surface area contributed by atoms with Crippen molar-refractivity contribution in [1.82, 2.24) is 0 Å². The molecule has 0 spiro atoms. The lowest BCUT2D eigenvalue weighted by atomic mass is 10.2. The van der Waals surface area contributed by atoms with E-state index in [2.05, 4.69) is 4.74 Å². The molecule has 0 saturated heterocycles. The van der Waals surface area contributed by atoms with Gasteiger partial charge in [-0.15, -0.1) is 0 Å². The highest BCUT2D eigenvalue weighted by atomic mass is 35.5. The zero-order chi connectivity index (χ0) is 14.8. The zero-order valence-corrected chi connectivity index (χ0v) is 12.1. The van der Waals surface area contributed by atoms with Gasteiger partial charge in [-0.3, -0.25) is 0 Å². The molecule has 108 valence electrons. The number of rotatable bonds is 5. The van der Waals surface area contributed by atoms with Gasteiger partial charge in [-0.25, -0.2) is 0 Å². The molecule has 0 radical (unpaired) electrons. The summed E-state index contributed by atoms with van der Waals surface area (Å²) >= 11 is 16.1. The van der Waals surface area contributed by atoms with Crippen molar-refractivity contribution in [1.29, 1.82) is 0 Å². The standard InChI is InChI=1S/C10H10Cl3F2NO3/c1-17-7-4(16)3-5(8(18-2)6(7)11)19-10(14,15)9(12)13/h3,9H,16H2,1-2H3. The molecule has 2 N–H and O–H groups in total. The number of nitrogen functional groups attached to an aromatic ring is 1. The monoisotopic (exact) mass is 335 g/mol. The molecule has 0 aromatic heterocycles. The third kappa shape index (κ3) is 3.38. The predicted molar refractivity (Wildman–Crippen MR) is 70.0 cm³/mol. The smallest absolute Gasteiger partial charge is 0.428 e.